The van der Waals surface area contributed by atoms with Gasteiger partial charge in [0.05, 0.1) is 25.5 Å². The van der Waals surface area contributed by atoms with E-state index < -0.39 is 18.4 Å². The van der Waals surface area contributed by atoms with Gasteiger partial charge in [-0.1, -0.05) is 19.3 Å². The van der Waals surface area contributed by atoms with Crippen molar-refractivity contribution in [2.45, 2.75) is 63.0 Å². The van der Waals surface area contributed by atoms with Gasteiger partial charge < -0.3 is 30.1 Å². The molecule has 0 radical (unpaired) electrons. The molecule has 5 heterocycles. The number of nitrogens with one attached hydrogen (secondary N) is 2. The largest absolute Gasteiger partial charge is 0.495 e. The molecule has 41 heavy (non-hydrogen) atoms. The van der Waals surface area contributed by atoms with E-state index in [4.69, 9.17) is 4.74 Å². The molecule has 4 aliphatic heterocycles. The summed E-state index contributed by atoms with van der Waals surface area (Å²) in [6.45, 7) is 2.36. The van der Waals surface area contributed by atoms with Crippen molar-refractivity contribution in [3.63, 3.8) is 0 Å². The number of anilines is 4. The van der Waals surface area contributed by atoms with Crippen LogP contribution in [0.25, 0.3) is 0 Å². The Bertz CT molecular complexity index is 1310. The SMILES string of the molecule is COc1cc(C(=O)N[C@H]2CN3CCC2CC3)ccc1Nc1ncc2c(n1)N(C1CCCCC1)CC(F)(F)C(=O)N2C. The molecule has 1 aromatic heterocycles. The lowest BCUT2D eigenvalue weighted by Gasteiger charge is -2.44. The molecule has 0 unspecified atom stereocenters. The second-order valence-corrected chi connectivity index (χ2v) is 11.6. The minimum Gasteiger partial charge on any atom is -0.495 e. The number of ether oxygens (including phenoxy) is 1. The molecule has 2 aromatic rings. The fourth-order valence-corrected chi connectivity index (χ4v) is 6.72. The zero-order valence-corrected chi connectivity index (χ0v) is 23.5. The number of hydrogen-bond acceptors (Lipinski definition) is 8. The van der Waals surface area contributed by atoms with E-state index in [1.54, 1.807) is 23.1 Å². The van der Waals surface area contributed by atoms with Gasteiger partial charge >= 0.3 is 5.92 Å². The molecule has 1 aromatic carbocycles. The van der Waals surface area contributed by atoms with Crippen LogP contribution in [0.15, 0.2) is 24.4 Å². The van der Waals surface area contributed by atoms with Crippen LogP contribution in [-0.2, 0) is 4.79 Å². The van der Waals surface area contributed by atoms with E-state index in [1.807, 2.05) is 0 Å². The smallest absolute Gasteiger partial charge is 0.342 e. The zero-order chi connectivity index (χ0) is 28.7. The number of rotatable bonds is 6. The van der Waals surface area contributed by atoms with Crippen molar-refractivity contribution < 1.29 is 23.1 Å². The fraction of sp³-hybridized carbons (Fsp3) is 0.586. The van der Waals surface area contributed by atoms with Crippen LogP contribution in [0, 0.1) is 5.92 Å². The second-order valence-electron chi connectivity index (χ2n) is 11.6. The number of fused-ring (bicyclic) bond motifs is 4. The molecule has 1 aliphatic carbocycles. The molecule has 12 heteroatoms. The van der Waals surface area contributed by atoms with Gasteiger partial charge in [0.2, 0.25) is 5.95 Å². The summed E-state index contributed by atoms with van der Waals surface area (Å²) in [5, 5.41) is 6.33. The van der Waals surface area contributed by atoms with Crippen LogP contribution in [0.1, 0.15) is 55.3 Å². The van der Waals surface area contributed by atoms with Crippen molar-refractivity contribution in [1.82, 2.24) is 20.2 Å². The van der Waals surface area contributed by atoms with Gasteiger partial charge in [0.25, 0.3) is 11.8 Å². The summed E-state index contributed by atoms with van der Waals surface area (Å²) in [4.78, 5) is 39.6. The number of nitrogens with zero attached hydrogens (tertiary/aromatic N) is 5. The Balaban J connectivity index is 1.25. The van der Waals surface area contributed by atoms with Crippen LogP contribution in [0.2, 0.25) is 0 Å². The lowest BCUT2D eigenvalue weighted by molar-refractivity contribution is -0.140. The Morgan fingerprint density at radius 3 is 2.56 bits per heavy atom. The second kappa shape index (κ2) is 11.0. The van der Waals surface area contributed by atoms with Crippen LogP contribution in [0.3, 0.4) is 0 Å². The summed E-state index contributed by atoms with van der Waals surface area (Å²) in [5.74, 6) is -3.54. The normalized spacial score (nSPS) is 25.9. The van der Waals surface area contributed by atoms with Crippen molar-refractivity contribution in [1.29, 1.82) is 0 Å². The molecule has 10 nitrogen and oxygen atoms in total. The first-order chi connectivity index (χ1) is 19.7. The molecule has 1 saturated carbocycles. The van der Waals surface area contributed by atoms with Crippen molar-refractivity contribution in [2.24, 2.45) is 5.92 Å². The molecule has 5 aliphatic rings. The number of benzene rings is 1. The third-order valence-electron chi connectivity index (χ3n) is 9.07. The number of carbonyl (C=O) groups excluding carboxylic acids is 2. The van der Waals surface area contributed by atoms with Crippen LogP contribution >= 0.6 is 0 Å². The van der Waals surface area contributed by atoms with E-state index in [2.05, 4.69) is 25.5 Å². The van der Waals surface area contributed by atoms with Gasteiger partial charge in [-0.2, -0.15) is 13.8 Å². The van der Waals surface area contributed by atoms with Gasteiger partial charge in [-0.15, -0.1) is 0 Å². The molecule has 7 rings (SSSR count). The van der Waals surface area contributed by atoms with Crippen molar-refractivity contribution in [2.75, 3.05) is 55.5 Å². The molecule has 0 spiro atoms. The summed E-state index contributed by atoms with van der Waals surface area (Å²) < 4.78 is 35.5. The number of alkyl halides is 2. The first-order valence-electron chi connectivity index (χ1n) is 14.5. The number of amides is 2. The maximum absolute atomic E-state index is 15.0. The quantitative estimate of drug-likeness (QED) is 0.542. The highest BCUT2D eigenvalue weighted by atomic mass is 19.3. The molecule has 2 N–H and O–H groups in total. The molecule has 4 fully saturated rings. The number of methoxy groups -OCH3 is 1. The van der Waals surface area contributed by atoms with Gasteiger partial charge in [-0.3, -0.25) is 9.59 Å². The number of aromatic nitrogens is 2. The number of piperidine rings is 3. The predicted molar refractivity (Wildman–Crippen MR) is 151 cm³/mol. The number of carbonyl (C=O) groups is 2. The van der Waals surface area contributed by atoms with Gasteiger partial charge in [0.1, 0.15) is 11.4 Å². The molecule has 2 amide bonds. The average molecular weight is 570 g/mol. The fourth-order valence-electron chi connectivity index (χ4n) is 6.72. The first-order valence-corrected chi connectivity index (χ1v) is 14.5. The Morgan fingerprint density at radius 2 is 1.88 bits per heavy atom. The lowest BCUT2D eigenvalue weighted by atomic mass is 9.84. The predicted octanol–water partition coefficient (Wildman–Crippen LogP) is 3.80. The van der Waals surface area contributed by atoms with E-state index in [-0.39, 0.29) is 29.6 Å². The Hall–Kier alpha value is -3.54. The third kappa shape index (κ3) is 5.41. The van der Waals surface area contributed by atoms with E-state index in [9.17, 15) is 18.4 Å². The zero-order valence-electron chi connectivity index (χ0n) is 23.5. The van der Waals surface area contributed by atoms with Crippen LogP contribution in [0.4, 0.5) is 31.9 Å². The van der Waals surface area contributed by atoms with Gasteiger partial charge in [0.15, 0.2) is 5.82 Å². The Morgan fingerprint density at radius 1 is 1.12 bits per heavy atom. The highest BCUT2D eigenvalue weighted by molar-refractivity contribution is 6.02. The van der Waals surface area contributed by atoms with Crippen LogP contribution in [0.5, 0.6) is 5.75 Å². The standard InChI is InChI=1S/C29H37F2N7O3/c1-36-23-15-32-28(35-25(23)38(17-29(30,31)27(36)40)20-6-4-3-5-7-20)34-21-9-8-19(14-24(21)41-2)26(39)33-22-16-37-12-10-18(22)11-13-37/h8-9,14-15,18,20,22H,3-7,10-13,16-17H2,1-2H3,(H,33,39)(H,32,34,35)/t22-/m0/s1. The van der Waals surface area contributed by atoms with E-state index >= 15 is 0 Å². The van der Waals surface area contributed by atoms with Crippen LogP contribution in [-0.4, -0.2) is 85.0 Å². The minimum absolute atomic E-state index is 0.140. The highest BCUT2D eigenvalue weighted by Gasteiger charge is 2.48. The van der Waals surface area contributed by atoms with E-state index in [1.165, 1.54) is 20.4 Å². The summed E-state index contributed by atoms with van der Waals surface area (Å²) in [7, 11) is 2.85. The molecule has 3 saturated heterocycles. The van der Waals surface area contributed by atoms with Crippen molar-refractivity contribution in [3.8, 4) is 5.75 Å². The summed E-state index contributed by atoms with van der Waals surface area (Å²) in [6, 6.07) is 5.11. The average Bonchev–Trinajstić information content (AvgIpc) is 3.07. The lowest BCUT2D eigenvalue weighted by Crippen LogP contribution is -2.57. The maximum Gasteiger partial charge on any atom is 0.342 e. The third-order valence-corrected chi connectivity index (χ3v) is 9.07. The number of halogens is 2. The van der Waals surface area contributed by atoms with Crippen molar-refractivity contribution >= 4 is 35.0 Å². The molecular formula is C29H37F2N7O3. The first kappa shape index (κ1) is 27.6. The molecule has 220 valence electrons. The van der Waals surface area contributed by atoms with Crippen LogP contribution < -0.4 is 25.2 Å². The molecule has 1 atom stereocenters. The van der Waals surface area contributed by atoms with E-state index in [0.29, 0.717) is 28.7 Å². The summed E-state index contributed by atoms with van der Waals surface area (Å²) >= 11 is 0. The topological polar surface area (TPSA) is 103 Å². The summed E-state index contributed by atoms with van der Waals surface area (Å²) in [5.41, 5.74) is 1.26. The number of hydrogen-bond donors (Lipinski definition) is 2. The Kier molecular flexibility index (Phi) is 7.43. The minimum atomic E-state index is -3.55. The molecular weight excluding hydrogens is 532 g/mol. The Labute approximate surface area is 238 Å². The van der Waals surface area contributed by atoms with Gasteiger partial charge in [0, 0.05) is 31.2 Å². The van der Waals surface area contributed by atoms with Gasteiger partial charge in [-0.25, -0.2) is 4.98 Å². The highest BCUT2D eigenvalue weighted by Crippen LogP contribution is 2.40. The summed E-state index contributed by atoms with van der Waals surface area (Å²) in [6.07, 6.45) is 8.10. The van der Waals surface area contributed by atoms with Gasteiger partial charge in [-0.05, 0) is 62.9 Å². The maximum atomic E-state index is 15.0. The molecule has 2 bridgehead atoms. The van der Waals surface area contributed by atoms with Crippen molar-refractivity contribution in [3.05, 3.63) is 30.0 Å². The van der Waals surface area contributed by atoms with E-state index in [0.717, 1.165) is 69.5 Å². The monoisotopic (exact) mass is 569 g/mol.